The van der Waals surface area contributed by atoms with Gasteiger partial charge in [-0.05, 0) is 37.3 Å². The van der Waals surface area contributed by atoms with Crippen LogP contribution in [0.1, 0.15) is 17.3 Å². The highest BCUT2D eigenvalue weighted by Gasteiger charge is 2.07. The molecule has 0 spiro atoms. The highest BCUT2D eigenvalue weighted by atomic mass is 16.5. The average Bonchev–Trinajstić information content (AvgIpc) is 2.67. The van der Waals surface area contributed by atoms with Crippen LogP contribution in [0.2, 0.25) is 0 Å². The molecule has 0 bridgehead atoms. The van der Waals surface area contributed by atoms with E-state index in [0.29, 0.717) is 42.4 Å². The zero-order valence-corrected chi connectivity index (χ0v) is 15.6. The van der Waals surface area contributed by atoms with E-state index in [2.05, 4.69) is 16.0 Å². The summed E-state index contributed by atoms with van der Waals surface area (Å²) in [6, 6.07) is 14.2. The van der Waals surface area contributed by atoms with Crippen molar-refractivity contribution in [3.63, 3.8) is 0 Å². The van der Waals surface area contributed by atoms with Crippen LogP contribution in [0.4, 0.5) is 11.4 Å². The minimum Gasteiger partial charge on any atom is -0.491 e. The molecule has 0 radical (unpaired) electrons. The number of hydrogen-bond donors (Lipinski definition) is 3. The lowest BCUT2D eigenvalue weighted by molar-refractivity contribution is -0.114. The van der Waals surface area contributed by atoms with E-state index < -0.39 is 0 Å². The Labute approximate surface area is 159 Å². The Morgan fingerprint density at radius 1 is 1.00 bits per heavy atom. The van der Waals surface area contributed by atoms with E-state index in [4.69, 9.17) is 9.47 Å². The molecule has 0 saturated carbocycles. The molecule has 3 N–H and O–H groups in total. The molecule has 0 aliphatic heterocycles. The van der Waals surface area contributed by atoms with E-state index in [0.717, 1.165) is 0 Å². The summed E-state index contributed by atoms with van der Waals surface area (Å²) in [5.41, 5.74) is 1.89. The lowest BCUT2D eigenvalue weighted by Gasteiger charge is -2.11. The molecule has 0 aliphatic rings. The lowest BCUT2D eigenvalue weighted by atomic mass is 10.2. The highest BCUT2D eigenvalue weighted by Crippen LogP contribution is 2.17. The lowest BCUT2D eigenvalue weighted by Crippen LogP contribution is -2.23. The SMILES string of the molecule is CCNC(=O)c1cccc(NCC(=O)Nc2cccc(OCCOC)c2)c1. The van der Waals surface area contributed by atoms with Crippen molar-refractivity contribution in [1.29, 1.82) is 0 Å². The molecule has 0 aromatic heterocycles. The number of rotatable bonds is 10. The number of methoxy groups -OCH3 is 1. The molecule has 0 fully saturated rings. The van der Waals surface area contributed by atoms with E-state index in [1.807, 2.05) is 13.0 Å². The van der Waals surface area contributed by atoms with Crippen molar-refractivity contribution in [2.24, 2.45) is 0 Å². The summed E-state index contributed by atoms with van der Waals surface area (Å²) in [5.74, 6) is 0.316. The summed E-state index contributed by atoms with van der Waals surface area (Å²) in [6.07, 6.45) is 0. The third-order valence-electron chi connectivity index (χ3n) is 3.59. The van der Waals surface area contributed by atoms with Gasteiger partial charge < -0.3 is 25.4 Å². The van der Waals surface area contributed by atoms with Crippen LogP contribution in [0.5, 0.6) is 5.75 Å². The normalized spacial score (nSPS) is 10.1. The van der Waals surface area contributed by atoms with Crippen molar-refractivity contribution in [1.82, 2.24) is 5.32 Å². The third kappa shape index (κ3) is 6.99. The fraction of sp³-hybridized carbons (Fsp3) is 0.300. The van der Waals surface area contributed by atoms with Crippen molar-refractivity contribution in [2.75, 3.05) is 44.0 Å². The Kier molecular flexibility index (Phi) is 8.12. The predicted molar refractivity (Wildman–Crippen MR) is 105 cm³/mol. The smallest absolute Gasteiger partial charge is 0.251 e. The van der Waals surface area contributed by atoms with E-state index in [1.54, 1.807) is 49.6 Å². The number of hydrogen-bond acceptors (Lipinski definition) is 5. The zero-order chi connectivity index (χ0) is 19.5. The molecule has 2 aromatic carbocycles. The van der Waals surface area contributed by atoms with Crippen molar-refractivity contribution in [3.8, 4) is 5.75 Å². The molecule has 0 aliphatic carbocycles. The van der Waals surface area contributed by atoms with Gasteiger partial charge in [-0.25, -0.2) is 0 Å². The number of benzene rings is 2. The van der Waals surface area contributed by atoms with Crippen LogP contribution in [-0.2, 0) is 9.53 Å². The molecule has 2 rings (SSSR count). The maximum atomic E-state index is 12.2. The maximum absolute atomic E-state index is 12.2. The molecule has 27 heavy (non-hydrogen) atoms. The molecular weight excluding hydrogens is 346 g/mol. The van der Waals surface area contributed by atoms with Crippen LogP contribution in [0.15, 0.2) is 48.5 Å². The number of amides is 2. The summed E-state index contributed by atoms with van der Waals surface area (Å²) in [6.45, 7) is 3.44. The number of nitrogens with one attached hydrogen (secondary N) is 3. The van der Waals surface area contributed by atoms with Gasteiger partial charge in [0.15, 0.2) is 0 Å². The Morgan fingerprint density at radius 2 is 1.78 bits per heavy atom. The van der Waals surface area contributed by atoms with Crippen LogP contribution < -0.4 is 20.7 Å². The quantitative estimate of drug-likeness (QED) is 0.559. The predicted octanol–water partition coefficient (Wildman–Crippen LogP) is 2.51. The second kappa shape index (κ2) is 10.8. The minimum atomic E-state index is -0.201. The summed E-state index contributed by atoms with van der Waals surface area (Å²) in [4.78, 5) is 24.0. The summed E-state index contributed by atoms with van der Waals surface area (Å²) < 4.78 is 10.5. The van der Waals surface area contributed by atoms with E-state index in [1.165, 1.54) is 0 Å². The second-order valence-electron chi connectivity index (χ2n) is 5.71. The second-order valence-corrected chi connectivity index (χ2v) is 5.71. The molecule has 0 unspecified atom stereocenters. The van der Waals surface area contributed by atoms with E-state index in [9.17, 15) is 9.59 Å². The van der Waals surface area contributed by atoms with Crippen LogP contribution >= 0.6 is 0 Å². The van der Waals surface area contributed by atoms with Crippen molar-refractivity contribution < 1.29 is 19.1 Å². The van der Waals surface area contributed by atoms with Gasteiger partial charge in [0.25, 0.3) is 5.91 Å². The molecule has 0 heterocycles. The fourth-order valence-corrected chi connectivity index (χ4v) is 2.33. The van der Waals surface area contributed by atoms with E-state index in [-0.39, 0.29) is 18.4 Å². The Hall–Kier alpha value is -3.06. The van der Waals surface area contributed by atoms with Crippen molar-refractivity contribution in [2.45, 2.75) is 6.92 Å². The molecule has 144 valence electrons. The Bertz CT molecular complexity index is 764. The summed E-state index contributed by atoms with van der Waals surface area (Å²) >= 11 is 0. The van der Waals surface area contributed by atoms with Gasteiger partial charge in [-0.1, -0.05) is 12.1 Å². The van der Waals surface area contributed by atoms with Crippen LogP contribution in [0, 0.1) is 0 Å². The highest BCUT2D eigenvalue weighted by molar-refractivity contribution is 5.96. The first-order chi connectivity index (χ1) is 13.1. The van der Waals surface area contributed by atoms with Gasteiger partial charge in [0.1, 0.15) is 12.4 Å². The van der Waals surface area contributed by atoms with Gasteiger partial charge in [-0.2, -0.15) is 0 Å². The van der Waals surface area contributed by atoms with Crippen molar-refractivity contribution >= 4 is 23.2 Å². The largest absolute Gasteiger partial charge is 0.491 e. The molecule has 2 aromatic rings. The van der Waals surface area contributed by atoms with Crippen LogP contribution in [-0.4, -0.2) is 45.2 Å². The molecule has 2 amide bonds. The van der Waals surface area contributed by atoms with Crippen LogP contribution in [0.25, 0.3) is 0 Å². The van der Waals surface area contributed by atoms with Gasteiger partial charge in [-0.3, -0.25) is 9.59 Å². The van der Waals surface area contributed by atoms with Gasteiger partial charge in [-0.15, -0.1) is 0 Å². The zero-order valence-electron chi connectivity index (χ0n) is 15.6. The van der Waals surface area contributed by atoms with Gasteiger partial charge >= 0.3 is 0 Å². The molecule has 7 heteroatoms. The number of carbonyl (C=O) groups is 2. The fourth-order valence-electron chi connectivity index (χ4n) is 2.33. The van der Waals surface area contributed by atoms with Gasteiger partial charge in [0, 0.05) is 36.7 Å². The number of ether oxygens (including phenoxy) is 2. The molecule has 0 saturated heterocycles. The standard InChI is InChI=1S/C20H25N3O4/c1-3-21-20(25)15-6-4-7-16(12-15)22-14-19(24)23-17-8-5-9-18(13-17)27-11-10-26-2/h4-9,12-13,22H,3,10-11,14H2,1-2H3,(H,21,25)(H,23,24). The molecule has 0 atom stereocenters. The van der Waals surface area contributed by atoms with E-state index >= 15 is 0 Å². The Balaban J connectivity index is 1.87. The number of carbonyl (C=O) groups excluding carboxylic acids is 2. The average molecular weight is 371 g/mol. The van der Waals surface area contributed by atoms with Crippen molar-refractivity contribution in [3.05, 3.63) is 54.1 Å². The first-order valence-corrected chi connectivity index (χ1v) is 8.76. The summed E-state index contributed by atoms with van der Waals surface area (Å²) in [7, 11) is 1.61. The first-order valence-electron chi connectivity index (χ1n) is 8.76. The molecular formula is C20H25N3O4. The minimum absolute atomic E-state index is 0.0770. The van der Waals surface area contributed by atoms with Gasteiger partial charge in [0.2, 0.25) is 5.91 Å². The van der Waals surface area contributed by atoms with Gasteiger partial charge in [0.05, 0.1) is 13.2 Å². The monoisotopic (exact) mass is 371 g/mol. The van der Waals surface area contributed by atoms with Crippen LogP contribution in [0.3, 0.4) is 0 Å². The first kappa shape index (κ1) is 20.3. The number of anilines is 2. The summed E-state index contributed by atoms with van der Waals surface area (Å²) in [5, 5.41) is 8.57. The topological polar surface area (TPSA) is 88.7 Å². The molecule has 7 nitrogen and oxygen atoms in total. The third-order valence-corrected chi connectivity index (χ3v) is 3.59. The maximum Gasteiger partial charge on any atom is 0.251 e. The Morgan fingerprint density at radius 3 is 2.56 bits per heavy atom.